The number of benzene rings is 1. The van der Waals surface area contributed by atoms with Crippen LogP contribution in [0.3, 0.4) is 0 Å². The van der Waals surface area contributed by atoms with Gasteiger partial charge in [-0.2, -0.15) is 0 Å². The topological polar surface area (TPSA) is 40.1 Å². The molecule has 0 amide bonds. The van der Waals surface area contributed by atoms with Crippen LogP contribution in [0.15, 0.2) is 30.3 Å². The van der Waals surface area contributed by atoms with Crippen molar-refractivity contribution in [3.63, 3.8) is 0 Å². The summed E-state index contributed by atoms with van der Waals surface area (Å²) in [5.41, 5.74) is 0.220. The van der Waals surface area contributed by atoms with Gasteiger partial charge in [0.05, 0.1) is 33.7 Å². The summed E-state index contributed by atoms with van der Waals surface area (Å²) in [7, 11) is 6.67. The maximum Gasteiger partial charge on any atom is 0.0803 e. The molecule has 0 heterocycles. The Morgan fingerprint density at radius 1 is 1.18 bits per heavy atom. The summed E-state index contributed by atoms with van der Waals surface area (Å²) in [6, 6.07) is 8.06. The van der Waals surface area contributed by atoms with Crippen molar-refractivity contribution in [2.75, 3.05) is 27.7 Å². The van der Waals surface area contributed by atoms with Crippen LogP contribution in [-0.4, -0.2) is 38.1 Å². The van der Waals surface area contributed by atoms with Crippen LogP contribution in [0.5, 0.6) is 0 Å². The van der Waals surface area contributed by atoms with Crippen molar-refractivity contribution >= 4 is 5.97 Å². The fourth-order valence-electron chi connectivity index (χ4n) is 1.67. The van der Waals surface area contributed by atoms with Crippen molar-refractivity contribution in [2.45, 2.75) is 13.8 Å². The van der Waals surface area contributed by atoms with Crippen molar-refractivity contribution in [2.24, 2.45) is 5.92 Å². The maximum atomic E-state index is 10.1. The first-order valence-electron chi connectivity index (χ1n) is 5.79. The van der Waals surface area contributed by atoms with Crippen LogP contribution < -0.4 is 5.11 Å². The van der Waals surface area contributed by atoms with E-state index in [2.05, 4.69) is 35.0 Å². The Hall–Kier alpha value is -1.35. The number of rotatable bonds is 3. The smallest absolute Gasteiger partial charge is 0.0803 e. The molecule has 0 spiro atoms. The molecule has 0 saturated heterocycles. The van der Waals surface area contributed by atoms with Crippen LogP contribution in [0, 0.1) is 5.92 Å². The van der Waals surface area contributed by atoms with Crippen molar-refractivity contribution in [3.8, 4) is 0 Å². The molecule has 0 aliphatic carbocycles. The van der Waals surface area contributed by atoms with Gasteiger partial charge >= 0.3 is 0 Å². The SMILES string of the molecule is CC(C)C[N+](C)(C)C.O=C([O-])c1ccccc1. The van der Waals surface area contributed by atoms with Crippen LogP contribution in [0.1, 0.15) is 24.2 Å². The highest BCUT2D eigenvalue weighted by atomic mass is 16.4. The molecule has 3 nitrogen and oxygen atoms in total. The minimum absolute atomic E-state index is 0.220. The van der Waals surface area contributed by atoms with E-state index >= 15 is 0 Å². The number of carboxylic acids is 1. The molecule has 1 rings (SSSR count). The van der Waals surface area contributed by atoms with E-state index in [1.54, 1.807) is 18.2 Å². The average Bonchev–Trinajstić information content (AvgIpc) is 2.16. The molecule has 0 unspecified atom stereocenters. The fourth-order valence-corrected chi connectivity index (χ4v) is 1.67. The van der Waals surface area contributed by atoms with Crippen molar-refractivity contribution < 1.29 is 14.4 Å². The molecule has 1 aromatic carbocycles. The molecule has 0 N–H and O–H groups in total. The highest BCUT2D eigenvalue weighted by molar-refractivity contribution is 5.85. The van der Waals surface area contributed by atoms with Gasteiger partial charge in [-0.05, 0) is 5.56 Å². The predicted octanol–water partition coefficient (Wildman–Crippen LogP) is 1.40. The summed E-state index contributed by atoms with van der Waals surface area (Å²) < 4.78 is 1.08. The summed E-state index contributed by atoms with van der Waals surface area (Å²) in [4.78, 5) is 10.1. The lowest BCUT2D eigenvalue weighted by molar-refractivity contribution is -0.873. The zero-order chi connectivity index (χ0) is 13.5. The van der Waals surface area contributed by atoms with E-state index in [1.165, 1.54) is 18.7 Å². The first-order valence-corrected chi connectivity index (χ1v) is 5.79. The summed E-state index contributed by atoms with van der Waals surface area (Å²) in [5, 5.41) is 10.1. The Morgan fingerprint density at radius 2 is 1.65 bits per heavy atom. The number of aromatic carboxylic acids is 1. The zero-order valence-corrected chi connectivity index (χ0v) is 11.4. The highest BCUT2D eigenvalue weighted by Gasteiger charge is 2.08. The maximum absolute atomic E-state index is 10.1. The van der Waals surface area contributed by atoms with Crippen molar-refractivity contribution in [1.82, 2.24) is 0 Å². The quantitative estimate of drug-likeness (QED) is 0.746. The van der Waals surface area contributed by atoms with Crippen LogP contribution in [0.2, 0.25) is 0 Å². The van der Waals surface area contributed by atoms with Gasteiger partial charge in [0.15, 0.2) is 0 Å². The first kappa shape index (κ1) is 15.7. The third-order valence-corrected chi connectivity index (χ3v) is 1.92. The van der Waals surface area contributed by atoms with Gasteiger partial charge in [-0.3, -0.25) is 0 Å². The Balaban J connectivity index is 0.000000304. The minimum Gasteiger partial charge on any atom is -0.545 e. The number of quaternary nitrogens is 1. The Bertz CT molecular complexity index is 326. The standard InChI is InChI=1S/C7H18N.C7H6O2/c1-7(2)6-8(3,4)5;8-7(9)6-4-2-1-3-5-6/h7H,6H2,1-5H3;1-5H,(H,8,9)/q+1;/p-1. The third-order valence-electron chi connectivity index (χ3n) is 1.92. The van der Waals surface area contributed by atoms with Gasteiger partial charge in [0.2, 0.25) is 0 Å². The largest absolute Gasteiger partial charge is 0.545 e. The molecule has 0 saturated carbocycles. The molecule has 0 aromatic heterocycles. The normalized spacial score (nSPS) is 10.7. The lowest BCUT2D eigenvalue weighted by Gasteiger charge is -2.25. The van der Waals surface area contributed by atoms with Gasteiger partial charge in [-0.1, -0.05) is 44.2 Å². The van der Waals surface area contributed by atoms with Crippen molar-refractivity contribution in [3.05, 3.63) is 35.9 Å². The summed E-state index contributed by atoms with van der Waals surface area (Å²) >= 11 is 0. The molecule has 0 bridgehead atoms. The molecular formula is C14H23NO2. The first-order chi connectivity index (χ1) is 7.72. The molecule has 96 valence electrons. The van der Waals surface area contributed by atoms with Gasteiger partial charge in [0.25, 0.3) is 0 Å². The minimum atomic E-state index is -1.13. The average molecular weight is 237 g/mol. The van der Waals surface area contributed by atoms with Gasteiger partial charge in [-0.15, -0.1) is 0 Å². The highest BCUT2D eigenvalue weighted by Crippen LogP contribution is 1.98. The fraction of sp³-hybridized carbons (Fsp3) is 0.500. The molecule has 0 radical (unpaired) electrons. The molecule has 0 atom stereocenters. The van der Waals surface area contributed by atoms with Crippen molar-refractivity contribution in [1.29, 1.82) is 0 Å². The van der Waals surface area contributed by atoms with Gasteiger partial charge in [0.1, 0.15) is 0 Å². The molecular weight excluding hydrogens is 214 g/mol. The van der Waals surface area contributed by atoms with Crippen LogP contribution in [0.25, 0.3) is 0 Å². The lowest BCUT2D eigenvalue weighted by Crippen LogP contribution is -2.37. The Morgan fingerprint density at radius 3 is 1.82 bits per heavy atom. The van der Waals surface area contributed by atoms with E-state index < -0.39 is 5.97 Å². The molecule has 0 aliphatic rings. The molecule has 1 aromatic rings. The zero-order valence-electron chi connectivity index (χ0n) is 11.4. The molecule has 0 aliphatic heterocycles. The molecule has 0 fully saturated rings. The number of carbonyl (C=O) groups is 1. The van der Waals surface area contributed by atoms with E-state index in [4.69, 9.17) is 0 Å². The Labute approximate surface area is 104 Å². The number of nitrogens with zero attached hydrogens (tertiary/aromatic N) is 1. The number of carboxylic acid groups (broad SMARTS) is 1. The van der Waals surface area contributed by atoms with Gasteiger partial charge in [0, 0.05) is 5.92 Å². The van der Waals surface area contributed by atoms with Crippen LogP contribution >= 0.6 is 0 Å². The summed E-state index contributed by atoms with van der Waals surface area (Å²) in [5.74, 6) is -0.314. The van der Waals surface area contributed by atoms with E-state index in [9.17, 15) is 9.90 Å². The second-order valence-corrected chi connectivity index (χ2v) is 5.52. The third kappa shape index (κ3) is 9.57. The second-order valence-electron chi connectivity index (χ2n) is 5.52. The number of hydrogen-bond donors (Lipinski definition) is 0. The van der Waals surface area contributed by atoms with E-state index in [0.717, 1.165) is 10.4 Å². The number of carbonyl (C=O) groups excluding carboxylic acids is 1. The monoisotopic (exact) mass is 237 g/mol. The second kappa shape index (κ2) is 7.07. The van der Waals surface area contributed by atoms with Gasteiger partial charge in [-0.25, -0.2) is 0 Å². The van der Waals surface area contributed by atoms with Crippen LogP contribution in [0.4, 0.5) is 0 Å². The predicted molar refractivity (Wildman–Crippen MR) is 68.5 cm³/mol. The Kier molecular flexibility index (Phi) is 6.51. The number of hydrogen-bond acceptors (Lipinski definition) is 2. The van der Waals surface area contributed by atoms with E-state index in [1.807, 2.05) is 0 Å². The van der Waals surface area contributed by atoms with E-state index in [0.29, 0.717) is 0 Å². The summed E-state index contributed by atoms with van der Waals surface area (Å²) in [6.07, 6.45) is 0. The summed E-state index contributed by atoms with van der Waals surface area (Å²) in [6.45, 7) is 5.77. The van der Waals surface area contributed by atoms with Gasteiger partial charge < -0.3 is 14.4 Å². The van der Waals surface area contributed by atoms with E-state index in [-0.39, 0.29) is 5.56 Å². The lowest BCUT2D eigenvalue weighted by atomic mass is 10.2. The van der Waals surface area contributed by atoms with Crippen LogP contribution in [-0.2, 0) is 0 Å². The molecule has 17 heavy (non-hydrogen) atoms. The molecule has 3 heteroatoms.